The Labute approximate surface area is 338 Å². The van der Waals surface area contributed by atoms with Crippen molar-refractivity contribution in [3.63, 3.8) is 0 Å². The van der Waals surface area contributed by atoms with Crippen molar-refractivity contribution in [3.05, 3.63) is 96.6 Å². The molecule has 0 unspecified atom stereocenters. The Morgan fingerprint density at radius 2 is 0.786 bits per heavy atom. The van der Waals surface area contributed by atoms with Crippen LogP contribution in [0.15, 0.2) is 85.2 Å². The molecule has 4 aromatic heterocycles. The predicted molar refractivity (Wildman–Crippen MR) is 229 cm³/mol. The third kappa shape index (κ3) is 17.1. The number of amides is 2. The van der Waals surface area contributed by atoms with E-state index in [0.29, 0.717) is 39.0 Å². The fourth-order valence-corrected chi connectivity index (χ4v) is 7.16. The number of pyridine rings is 4. The highest BCUT2D eigenvalue weighted by molar-refractivity contribution is 5.77. The molecule has 0 fully saturated rings. The Balaban J connectivity index is 1.44. The average Bonchev–Trinajstić information content (AvgIpc) is 3.24. The lowest BCUT2D eigenvalue weighted by Crippen LogP contribution is -2.40. The molecule has 8 nitrogen and oxygen atoms in total. The van der Waals surface area contributed by atoms with Crippen LogP contribution in [0.4, 0.5) is 0 Å². The minimum Gasteiger partial charge on any atom is -0.335 e. The first-order chi connectivity index (χ1) is 27.6. The van der Waals surface area contributed by atoms with Crippen molar-refractivity contribution in [1.29, 1.82) is 0 Å². The summed E-state index contributed by atoms with van der Waals surface area (Å²) in [6.07, 6.45) is 26.2. The minimum atomic E-state index is 0.111. The summed E-state index contributed by atoms with van der Waals surface area (Å²) >= 11 is 0. The normalized spacial score (nSPS) is 11.1. The van der Waals surface area contributed by atoms with Gasteiger partial charge in [0.15, 0.2) is 0 Å². The highest BCUT2D eigenvalue weighted by Crippen LogP contribution is 2.19. The van der Waals surface area contributed by atoms with E-state index in [9.17, 15) is 9.59 Å². The maximum Gasteiger partial charge on any atom is 0.222 e. The van der Waals surface area contributed by atoms with E-state index < -0.39 is 0 Å². The third-order valence-electron chi connectivity index (χ3n) is 10.5. The van der Waals surface area contributed by atoms with Gasteiger partial charge in [0.1, 0.15) is 0 Å². The molecule has 4 heterocycles. The first-order valence-corrected chi connectivity index (χ1v) is 21.9. The highest BCUT2D eigenvalue weighted by atomic mass is 16.2. The molecule has 0 saturated heterocycles. The van der Waals surface area contributed by atoms with Crippen LogP contribution in [0, 0.1) is 0 Å². The summed E-state index contributed by atoms with van der Waals surface area (Å²) in [5.74, 6) is 0.221. The zero-order valence-corrected chi connectivity index (χ0v) is 34.6. The average molecular weight is 761 g/mol. The van der Waals surface area contributed by atoms with Crippen LogP contribution in [-0.2, 0) is 22.7 Å². The molecular weight excluding hydrogens is 693 g/mol. The summed E-state index contributed by atoms with van der Waals surface area (Å²) in [5, 5.41) is 0. The Kier molecular flexibility index (Phi) is 21.5. The first kappa shape index (κ1) is 44.3. The summed E-state index contributed by atoms with van der Waals surface area (Å²) in [5.41, 5.74) is 4.79. The summed E-state index contributed by atoms with van der Waals surface area (Å²) in [6.45, 7) is 6.11. The molecule has 0 bridgehead atoms. The van der Waals surface area contributed by atoms with Crippen LogP contribution in [0.5, 0.6) is 0 Å². The number of carbonyl (C=O) groups excluding carboxylic acids is 2. The van der Waals surface area contributed by atoms with Gasteiger partial charge in [0.25, 0.3) is 0 Å². The second-order valence-corrected chi connectivity index (χ2v) is 15.2. The van der Waals surface area contributed by atoms with Gasteiger partial charge in [-0.05, 0) is 61.4 Å². The quantitative estimate of drug-likeness (QED) is 0.0512. The molecule has 0 aromatic carbocycles. The van der Waals surface area contributed by atoms with Gasteiger partial charge < -0.3 is 9.80 Å². The van der Waals surface area contributed by atoms with E-state index in [-0.39, 0.29) is 11.8 Å². The zero-order valence-electron chi connectivity index (χ0n) is 34.6. The van der Waals surface area contributed by atoms with E-state index in [0.717, 1.165) is 59.8 Å². The van der Waals surface area contributed by atoms with E-state index in [1.54, 1.807) is 12.4 Å². The molecule has 8 heteroatoms. The molecule has 302 valence electrons. The van der Waals surface area contributed by atoms with E-state index >= 15 is 0 Å². The molecule has 56 heavy (non-hydrogen) atoms. The van der Waals surface area contributed by atoms with Gasteiger partial charge in [0.05, 0.1) is 47.3 Å². The summed E-state index contributed by atoms with van der Waals surface area (Å²) < 4.78 is 0. The van der Waals surface area contributed by atoms with Gasteiger partial charge in [0.2, 0.25) is 11.8 Å². The van der Waals surface area contributed by atoms with Crippen LogP contribution >= 0.6 is 0 Å². The van der Waals surface area contributed by atoms with Crippen molar-refractivity contribution in [2.75, 3.05) is 13.1 Å². The Morgan fingerprint density at radius 3 is 1.14 bits per heavy atom. The standard InChI is InChI=1S/C48H68N6O2/c1-3-5-7-9-11-13-15-17-19-33-47(55)53(39-41-27-25-31-45(51-41)43-29-21-23-35-49-43)37-38-54(48(56)34-20-18-16-14-12-10-8-6-4-2)40-42-28-26-32-46(52-42)44-30-22-24-36-50-44/h21-32,35-36H,3-20,33-34,37-40H2,1-2H3. The van der Waals surface area contributed by atoms with Crippen LogP contribution < -0.4 is 0 Å². The highest BCUT2D eigenvalue weighted by Gasteiger charge is 2.20. The molecule has 0 radical (unpaired) electrons. The van der Waals surface area contributed by atoms with Gasteiger partial charge in [0, 0.05) is 38.3 Å². The van der Waals surface area contributed by atoms with Crippen LogP contribution in [0.1, 0.15) is 154 Å². The number of nitrogens with zero attached hydrogens (tertiary/aromatic N) is 6. The SMILES string of the molecule is CCCCCCCCCCCC(=O)N(CCN(Cc1cccc(-c2ccccn2)n1)C(=O)CCCCCCCCCCC)Cc1cccc(-c2ccccn2)n1. The Bertz CT molecular complexity index is 1530. The van der Waals surface area contributed by atoms with Crippen molar-refractivity contribution in [1.82, 2.24) is 29.7 Å². The predicted octanol–water partition coefficient (Wildman–Crippen LogP) is 11.8. The van der Waals surface area contributed by atoms with E-state index in [2.05, 4.69) is 23.8 Å². The second-order valence-electron chi connectivity index (χ2n) is 15.2. The maximum absolute atomic E-state index is 14.0. The molecule has 0 aliphatic rings. The number of carbonyl (C=O) groups is 2. The lowest BCUT2D eigenvalue weighted by molar-refractivity contribution is -0.136. The van der Waals surface area contributed by atoms with Gasteiger partial charge in [-0.15, -0.1) is 0 Å². The molecule has 0 aliphatic heterocycles. The van der Waals surface area contributed by atoms with Gasteiger partial charge in [-0.3, -0.25) is 19.6 Å². The number of rotatable bonds is 29. The lowest BCUT2D eigenvalue weighted by Gasteiger charge is -2.28. The summed E-state index contributed by atoms with van der Waals surface area (Å²) in [6, 6.07) is 23.4. The molecule has 0 saturated carbocycles. The van der Waals surface area contributed by atoms with E-state index in [1.807, 2.05) is 82.6 Å². The number of unbranched alkanes of at least 4 members (excludes halogenated alkanes) is 16. The zero-order chi connectivity index (χ0) is 39.5. The molecule has 4 aromatic rings. The fraction of sp³-hybridized carbons (Fsp3) is 0.542. The van der Waals surface area contributed by atoms with Gasteiger partial charge in [-0.2, -0.15) is 0 Å². The van der Waals surface area contributed by atoms with Gasteiger partial charge >= 0.3 is 0 Å². The molecule has 0 N–H and O–H groups in total. The van der Waals surface area contributed by atoms with E-state index in [1.165, 1.54) is 89.9 Å². The van der Waals surface area contributed by atoms with Crippen molar-refractivity contribution >= 4 is 11.8 Å². The monoisotopic (exact) mass is 761 g/mol. The van der Waals surface area contributed by atoms with Crippen molar-refractivity contribution < 1.29 is 9.59 Å². The fourth-order valence-electron chi connectivity index (χ4n) is 7.16. The maximum atomic E-state index is 14.0. The Hall–Kier alpha value is -4.46. The molecule has 2 amide bonds. The third-order valence-corrected chi connectivity index (χ3v) is 10.5. The second kappa shape index (κ2) is 27.2. The first-order valence-electron chi connectivity index (χ1n) is 21.9. The summed E-state index contributed by atoms with van der Waals surface area (Å²) in [4.78, 5) is 50.6. The molecule has 0 aliphatic carbocycles. The van der Waals surface area contributed by atoms with Crippen LogP contribution in [0.3, 0.4) is 0 Å². The minimum absolute atomic E-state index is 0.111. The van der Waals surface area contributed by atoms with Crippen LogP contribution in [0.25, 0.3) is 22.8 Å². The number of aromatic nitrogens is 4. The molecule has 0 atom stereocenters. The smallest absolute Gasteiger partial charge is 0.222 e. The molecular formula is C48H68N6O2. The number of hydrogen-bond donors (Lipinski definition) is 0. The van der Waals surface area contributed by atoms with Gasteiger partial charge in [-0.25, -0.2) is 9.97 Å². The molecule has 4 rings (SSSR count). The topological polar surface area (TPSA) is 92.2 Å². The van der Waals surface area contributed by atoms with Crippen LogP contribution in [0.2, 0.25) is 0 Å². The Morgan fingerprint density at radius 1 is 0.429 bits per heavy atom. The largest absolute Gasteiger partial charge is 0.335 e. The summed E-state index contributed by atoms with van der Waals surface area (Å²) in [7, 11) is 0. The van der Waals surface area contributed by atoms with E-state index in [4.69, 9.17) is 9.97 Å². The molecule has 0 spiro atoms. The van der Waals surface area contributed by atoms with Gasteiger partial charge in [-0.1, -0.05) is 141 Å². The van der Waals surface area contributed by atoms with Crippen molar-refractivity contribution in [2.45, 2.75) is 155 Å². The lowest BCUT2D eigenvalue weighted by atomic mass is 10.1. The van der Waals surface area contributed by atoms with Crippen molar-refractivity contribution in [3.8, 4) is 22.8 Å². The van der Waals surface area contributed by atoms with Crippen LogP contribution in [-0.4, -0.2) is 54.6 Å². The van der Waals surface area contributed by atoms with Crippen molar-refractivity contribution in [2.24, 2.45) is 0 Å². The number of hydrogen-bond acceptors (Lipinski definition) is 6.